The number of anilines is 1. The van der Waals surface area contributed by atoms with Gasteiger partial charge in [-0.3, -0.25) is 0 Å². The number of aryl methyl sites for hydroxylation is 1. The first kappa shape index (κ1) is 12.4. The molecule has 0 fully saturated rings. The Labute approximate surface area is 107 Å². The van der Waals surface area contributed by atoms with E-state index in [1.165, 1.54) is 17.7 Å². The molecule has 0 saturated carbocycles. The monoisotopic (exact) mass is 241 g/mol. The van der Waals surface area contributed by atoms with Gasteiger partial charge in [0.05, 0.1) is 0 Å². The predicted octanol–water partition coefficient (Wildman–Crippen LogP) is 4.39. The number of hydrogen-bond donors (Lipinski definition) is 1. The molecule has 2 rings (SSSR count). The Morgan fingerprint density at radius 2 is 1.89 bits per heavy atom. The third-order valence-corrected chi connectivity index (χ3v) is 2.86. The maximum atomic E-state index is 13.1. The molecule has 92 valence electrons. The van der Waals surface area contributed by atoms with Gasteiger partial charge < -0.3 is 5.32 Å². The summed E-state index contributed by atoms with van der Waals surface area (Å²) in [4.78, 5) is 0. The average molecular weight is 241 g/mol. The summed E-state index contributed by atoms with van der Waals surface area (Å²) in [6, 6.07) is 12.9. The number of nitrogens with one attached hydrogen (secondary N) is 1. The van der Waals surface area contributed by atoms with E-state index in [0.717, 1.165) is 16.8 Å². The van der Waals surface area contributed by atoms with Gasteiger partial charge in [0.15, 0.2) is 0 Å². The number of rotatable bonds is 4. The molecular weight excluding hydrogens is 225 g/mol. The van der Waals surface area contributed by atoms with Crippen LogP contribution in [0, 0.1) is 12.7 Å². The lowest BCUT2D eigenvalue weighted by atomic mass is 10.1. The molecule has 2 aromatic carbocycles. The highest BCUT2D eigenvalue weighted by molar-refractivity contribution is 5.53. The lowest BCUT2D eigenvalue weighted by Gasteiger charge is -2.09. The Morgan fingerprint density at radius 1 is 1.17 bits per heavy atom. The van der Waals surface area contributed by atoms with Crippen molar-refractivity contribution in [3.8, 4) is 0 Å². The van der Waals surface area contributed by atoms with Crippen LogP contribution in [0.1, 0.15) is 16.7 Å². The summed E-state index contributed by atoms with van der Waals surface area (Å²) in [6.07, 6.45) is 1.68. The van der Waals surface area contributed by atoms with E-state index in [1.54, 1.807) is 12.1 Å². The lowest BCUT2D eigenvalue weighted by Crippen LogP contribution is -2.01. The summed E-state index contributed by atoms with van der Waals surface area (Å²) < 4.78 is 13.1. The van der Waals surface area contributed by atoms with Gasteiger partial charge in [0.25, 0.3) is 0 Å². The van der Waals surface area contributed by atoms with Crippen molar-refractivity contribution in [1.82, 2.24) is 0 Å². The van der Waals surface area contributed by atoms with E-state index in [2.05, 4.69) is 31.0 Å². The minimum atomic E-state index is -0.232. The molecule has 0 amide bonds. The van der Waals surface area contributed by atoms with Crippen molar-refractivity contribution in [2.24, 2.45) is 0 Å². The van der Waals surface area contributed by atoms with E-state index < -0.39 is 0 Å². The summed E-state index contributed by atoms with van der Waals surface area (Å²) in [5.41, 5.74) is 4.15. The molecule has 2 aromatic rings. The molecule has 2 heteroatoms. The van der Waals surface area contributed by atoms with Gasteiger partial charge in [0.1, 0.15) is 5.82 Å². The average Bonchev–Trinajstić information content (AvgIpc) is 2.39. The molecular formula is C16H16FN. The second-order valence-corrected chi connectivity index (χ2v) is 4.27. The normalized spacial score (nSPS) is 10.1. The summed E-state index contributed by atoms with van der Waals surface area (Å²) in [5.74, 6) is -0.232. The van der Waals surface area contributed by atoms with Crippen LogP contribution in [0.15, 0.2) is 49.0 Å². The topological polar surface area (TPSA) is 12.0 Å². The molecule has 0 aliphatic heterocycles. The zero-order chi connectivity index (χ0) is 13.0. The summed E-state index contributed by atoms with van der Waals surface area (Å²) in [6.45, 7) is 6.42. The van der Waals surface area contributed by atoms with Crippen LogP contribution in [-0.2, 0) is 6.54 Å². The minimum absolute atomic E-state index is 0.232. The Bertz CT molecular complexity index is 544. The fourth-order valence-electron chi connectivity index (χ4n) is 1.79. The van der Waals surface area contributed by atoms with Crippen LogP contribution in [0.25, 0.3) is 6.08 Å². The van der Waals surface area contributed by atoms with Gasteiger partial charge in [-0.05, 0) is 42.3 Å². The van der Waals surface area contributed by atoms with E-state index >= 15 is 0 Å². The molecule has 0 saturated heterocycles. The van der Waals surface area contributed by atoms with Gasteiger partial charge in [-0.2, -0.15) is 0 Å². The van der Waals surface area contributed by atoms with Crippen LogP contribution in [0.3, 0.4) is 0 Å². The number of hydrogen-bond acceptors (Lipinski definition) is 1. The van der Waals surface area contributed by atoms with Crippen LogP contribution in [0.4, 0.5) is 10.1 Å². The van der Waals surface area contributed by atoms with Crippen molar-refractivity contribution >= 4 is 11.8 Å². The Balaban J connectivity index is 2.10. The summed E-state index contributed by atoms with van der Waals surface area (Å²) >= 11 is 0. The highest BCUT2D eigenvalue weighted by Crippen LogP contribution is 2.15. The van der Waals surface area contributed by atoms with Crippen LogP contribution in [0.2, 0.25) is 0 Å². The second-order valence-electron chi connectivity index (χ2n) is 4.27. The molecule has 0 aliphatic carbocycles. The van der Waals surface area contributed by atoms with Crippen LogP contribution in [-0.4, -0.2) is 0 Å². The smallest absolute Gasteiger partial charge is 0.123 e. The SMILES string of the molecule is C=Cc1cc(F)ccc1CNc1ccc(C)cc1. The van der Waals surface area contributed by atoms with E-state index in [0.29, 0.717) is 6.54 Å². The maximum Gasteiger partial charge on any atom is 0.123 e. The molecule has 0 bridgehead atoms. The van der Waals surface area contributed by atoms with Crippen molar-refractivity contribution in [2.75, 3.05) is 5.32 Å². The van der Waals surface area contributed by atoms with Gasteiger partial charge in [0.2, 0.25) is 0 Å². The van der Waals surface area contributed by atoms with Crippen LogP contribution >= 0.6 is 0 Å². The number of halogens is 1. The van der Waals surface area contributed by atoms with E-state index in [9.17, 15) is 4.39 Å². The largest absolute Gasteiger partial charge is 0.381 e. The first-order valence-corrected chi connectivity index (χ1v) is 5.90. The van der Waals surface area contributed by atoms with Gasteiger partial charge in [-0.15, -0.1) is 0 Å². The van der Waals surface area contributed by atoms with Gasteiger partial charge in [0, 0.05) is 12.2 Å². The van der Waals surface area contributed by atoms with Gasteiger partial charge >= 0.3 is 0 Å². The van der Waals surface area contributed by atoms with E-state index in [-0.39, 0.29) is 5.82 Å². The predicted molar refractivity (Wildman–Crippen MR) is 75.0 cm³/mol. The molecule has 18 heavy (non-hydrogen) atoms. The van der Waals surface area contributed by atoms with Crippen molar-refractivity contribution in [1.29, 1.82) is 0 Å². The quantitative estimate of drug-likeness (QED) is 0.837. The van der Waals surface area contributed by atoms with Crippen LogP contribution < -0.4 is 5.32 Å². The van der Waals surface area contributed by atoms with E-state index in [4.69, 9.17) is 0 Å². The fraction of sp³-hybridized carbons (Fsp3) is 0.125. The Kier molecular flexibility index (Phi) is 3.78. The summed E-state index contributed by atoms with van der Waals surface area (Å²) in [7, 11) is 0. The van der Waals surface area contributed by atoms with Crippen LogP contribution in [0.5, 0.6) is 0 Å². The molecule has 0 radical (unpaired) electrons. The third kappa shape index (κ3) is 2.98. The molecule has 0 spiro atoms. The highest BCUT2D eigenvalue weighted by Gasteiger charge is 2.01. The van der Waals surface area contributed by atoms with Crippen molar-refractivity contribution < 1.29 is 4.39 Å². The third-order valence-electron chi connectivity index (χ3n) is 2.86. The molecule has 0 aliphatic rings. The minimum Gasteiger partial charge on any atom is -0.381 e. The van der Waals surface area contributed by atoms with Gasteiger partial charge in [-0.1, -0.05) is 36.4 Å². The molecule has 0 atom stereocenters. The summed E-state index contributed by atoms with van der Waals surface area (Å²) in [5, 5.41) is 3.31. The lowest BCUT2D eigenvalue weighted by molar-refractivity contribution is 0.626. The Morgan fingerprint density at radius 3 is 2.56 bits per heavy atom. The fourth-order valence-corrected chi connectivity index (χ4v) is 1.79. The zero-order valence-electron chi connectivity index (χ0n) is 10.4. The maximum absolute atomic E-state index is 13.1. The molecule has 0 heterocycles. The van der Waals surface area contributed by atoms with Crippen molar-refractivity contribution in [3.63, 3.8) is 0 Å². The second kappa shape index (κ2) is 5.50. The standard InChI is InChI=1S/C16H16FN/c1-3-13-10-15(17)7-6-14(13)11-18-16-8-4-12(2)5-9-16/h3-10,18H,1,11H2,2H3. The molecule has 1 nitrogen and oxygen atoms in total. The number of benzene rings is 2. The molecule has 1 N–H and O–H groups in total. The zero-order valence-corrected chi connectivity index (χ0v) is 10.4. The highest BCUT2D eigenvalue weighted by atomic mass is 19.1. The first-order chi connectivity index (χ1) is 8.69. The molecule has 0 aromatic heterocycles. The van der Waals surface area contributed by atoms with Gasteiger partial charge in [-0.25, -0.2) is 4.39 Å². The Hall–Kier alpha value is -2.09. The van der Waals surface area contributed by atoms with Crippen molar-refractivity contribution in [2.45, 2.75) is 13.5 Å². The molecule has 0 unspecified atom stereocenters. The van der Waals surface area contributed by atoms with Crippen molar-refractivity contribution in [3.05, 3.63) is 71.6 Å². The van der Waals surface area contributed by atoms with E-state index in [1.807, 2.05) is 12.1 Å². The first-order valence-electron chi connectivity index (χ1n) is 5.90.